The molecule has 0 saturated heterocycles. The van der Waals surface area contributed by atoms with Crippen LogP contribution in [-0.4, -0.2) is 28.2 Å². The van der Waals surface area contributed by atoms with E-state index in [2.05, 4.69) is 4.98 Å². The van der Waals surface area contributed by atoms with E-state index in [1.54, 1.807) is 6.92 Å². The second-order valence-electron chi connectivity index (χ2n) is 6.93. The van der Waals surface area contributed by atoms with Gasteiger partial charge in [0.2, 0.25) is 0 Å². The van der Waals surface area contributed by atoms with Crippen LogP contribution in [0.2, 0.25) is 0 Å². The van der Waals surface area contributed by atoms with Crippen molar-refractivity contribution in [2.75, 3.05) is 6.61 Å². The van der Waals surface area contributed by atoms with E-state index in [9.17, 15) is 9.59 Å². The first-order valence-electron chi connectivity index (χ1n) is 9.78. The van der Waals surface area contributed by atoms with Gasteiger partial charge in [-0.1, -0.05) is 19.1 Å². The van der Waals surface area contributed by atoms with Crippen molar-refractivity contribution >= 4 is 27.5 Å². The molecule has 0 radical (unpaired) electrons. The Morgan fingerprint density at radius 2 is 1.90 bits per heavy atom. The van der Waals surface area contributed by atoms with Crippen LogP contribution in [0.5, 0.6) is 5.75 Å². The van der Waals surface area contributed by atoms with Gasteiger partial charge in [-0.05, 0) is 51.8 Å². The Morgan fingerprint density at radius 1 is 1.21 bits per heavy atom. The number of thiophene rings is 1. The average Bonchev–Trinajstić information content (AvgIpc) is 3.01. The van der Waals surface area contributed by atoms with E-state index in [0.717, 1.165) is 28.2 Å². The molecule has 2 heterocycles. The zero-order chi connectivity index (χ0) is 21.1. The van der Waals surface area contributed by atoms with Gasteiger partial charge in [0, 0.05) is 10.4 Å². The van der Waals surface area contributed by atoms with Crippen molar-refractivity contribution in [3.8, 4) is 16.9 Å². The molecule has 6 nitrogen and oxygen atoms in total. The summed E-state index contributed by atoms with van der Waals surface area (Å²) in [6.07, 6.45) is 0.542. The third-order valence-corrected chi connectivity index (χ3v) is 5.83. The number of nitrogens with zero attached hydrogens (tertiary/aromatic N) is 2. The molecule has 154 valence electrons. The van der Waals surface area contributed by atoms with Crippen molar-refractivity contribution in [2.45, 2.75) is 53.7 Å². The second kappa shape index (κ2) is 8.78. The molecule has 3 rings (SSSR count). The van der Waals surface area contributed by atoms with Gasteiger partial charge in [-0.15, -0.1) is 11.3 Å². The highest BCUT2D eigenvalue weighted by Crippen LogP contribution is 2.36. The molecular weight excluding hydrogens is 388 g/mol. The van der Waals surface area contributed by atoms with Crippen LogP contribution in [0.3, 0.4) is 0 Å². The van der Waals surface area contributed by atoms with Crippen LogP contribution < -0.4 is 10.3 Å². The molecule has 3 aromatic rings. The summed E-state index contributed by atoms with van der Waals surface area (Å²) in [6.45, 7) is 9.89. The number of ether oxygens (including phenoxy) is 2. The molecule has 29 heavy (non-hydrogen) atoms. The summed E-state index contributed by atoms with van der Waals surface area (Å²) in [4.78, 5) is 31.9. The molecule has 0 saturated carbocycles. The van der Waals surface area contributed by atoms with Crippen molar-refractivity contribution in [3.63, 3.8) is 0 Å². The van der Waals surface area contributed by atoms with Crippen LogP contribution >= 0.6 is 11.3 Å². The summed E-state index contributed by atoms with van der Waals surface area (Å²) in [5.41, 5.74) is 1.56. The van der Waals surface area contributed by atoms with E-state index in [1.165, 1.54) is 15.9 Å². The summed E-state index contributed by atoms with van der Waals surface area (Å²) in [5, 5.41) is 0.540. The number of aryl methyl sites for hydroxylation is 2. The first-order valence-corrected chi connectivity index (χ1v) is 10.6. The molecule has 1 aromatic carbocycles. The first kappa shape index (κ1) is 21.0. The molecule has 0 bridgehead atoms. The Labute approximate surface area is 174 Å². The van der Waals surface area contributed by atoms with Crippen LogP contribution in [0, 0.1) is 13.8 Å². The maximum absolute atomic E-state index is 13.3. The third-order valence-electron chi connectivity index (χ3n) is 4.83. The minimum Gasteiger partial charge on any atom is -0.494 e. The normalized spacial score (nSPS) is 12.2. The lowest BCUT2D eigenvalue weighted by Gasteiger charge is -2.13. The molecular formula is C22H26N2O4S. The smallest absolute Gasteiger partial charge is 0.326 e. The number of carbonyl (C=O) groups excluding carboxylic acids is 1. The van der Waals surface area contributed by atoms with Gasteiger partial charge in [-0.25, -0.2) is 4.98 Å². The second-order valence-corrected chi connectivity index (χ2v) is 8.13. The number of carbonyl (C=O) groups is 1. The molecule has 0 aliphatic carbocycles. The van der Waals surface area contributed by atoms with E-state index < -0.39 is 5.97 Å². The molecule has 0 spiro atoms. The van der Waals surface area contributed by atoms with E-state index in [1.807, 2.05) is 52.0 Å². The molecule has 1 atom stereocenters. The molecule has 0 N–H and O–H groups in total. The molecule has 2 aromatic heterocycles. The zero-order valence-electron chi connectivity index (χ0n) is 17.4. The molecule has 0 fully saturated rings. The Bertz CT molecular complexity index is 1080. The number of esters is 1. The predicted octanol–water partition coefficient (Wildman–Crippen LogP) is 4.48. The third kappa shape index (κ3) is 4.34. The maximum atomic E-state index is 13.3. The zero-order valence-corrected chi connectivity index (χ0v) is 18.3. The number of aromatic nitrogens is 2. The van der Waals surface area contributed by atoms with Gasteiger partial charge in [0.15, 0.2) is 0 Å². The number of benzene rings is 1. The lowest BCUT2D eigenvalue weighted by atomic mass is 10.0. The van der Waals surface area contributed by atoms with Crippen LogP contribution in [-0.2, 0) is 16.1 Å². The highest BCUT2D eigenvalue weighted by Gasteiger charge is 2.20. The van der Waals surface area contributed by atoms with Crippen LogP contribution in [0.15, 0.2) is 29.1 Å². The Kier molecular flexibility index (Phi) is 6.37. The number of rotatable bonds is 7. The lowest BCUT2D eigenvalue weighted by molar-refractivity contribution is -0.149. The van der Waals surface area contributed by atoms with Gasteiger partial charge >= 0.3 is 5.97 Å². The van der Waals surface area contributed by atoms with E-state index >= 15 is 0 Å². The van der Waals surface area contributed by atoms with Crippen molar-refractivity contribution in [2.24, 2.45) is 0 Å². The van der Waals surface area contributed by atoms with Crippen molar-refractivity contribution in [3.05, 3.63) is 45.3 Å². The summed E-state index contributed by atoms with van der Waals surface area (Å²) < 4.78 is 12.3. The number of hydrogen-bond donors (Lipinski definition) is 0. The van der Waals surface area contributed by atoms with Crippen LogP contribution in [0.25, 0.3) is 21.3 Å². The SMILES string of the molecule is CCOc1ccc(-c2c(C)sc3nc(C)n(CC(=O)OC(C)CC)c(=O)c23)cc1. The largest absolute Gasteiger partial charge is 0.494 e. The van der Waals surface area contributed by atoms with Gasteiger partial charge in [-0.3, -0.25) is 14.2 Å². The average molecular weight is 415 g/mol. The van der Waals surface area contributed by atoms with Gasteiger partial charge in [0.25, 0.3) is 5.56 Å². The fourth-order valence-electron chi connectivity index (χ4n) is 3.19. The van der Waals surface area contributed by atoms with E-state index in [0.29, 0.717) is 22.6 Å². The van der Waals surface area contributed by atoms with Crippen molar-refractivity contribution in [1.82, 2.24) is 9.55 Å². The fraction of sp³-hybridized carbons (Fsp3) is 0.409. The molecule has 0 aliphatic rings. The standard InChI is InChI=1S/C22H26N2O4S/c1-6-13(3)28-18(25)12-24-15(5)23-21-20(22(24)26)19(14(4)29-21)16-8-10-17(11-9-16)27-7-2/h8-11,13H,6-7,12H2,1-5H3. The van der Waals surface area contributed by atoms with Crippen LogP contribution in [0.4, 0.5) is 0 Å². The Morgan fingerprint density at radius 3 is 2.52 bits per heavy atom. The van der Waals surface area contributed by atoms with Crippen molar-refractivity contribution in [1.29, 1.82) is 0 Å². The monoisotopic (exact) mass is 414 g/mol. The van der Waals surface area contributed by atoms with Gasteiger partial charge < -0.3 is 9.47 Å². The minimum absolute atomic E-state index is 0.143. The van der Waals surface area contributed by atoms with Gasteiger partial charge in [-0.2, -0.15) is 0 Å². The Hall–Kier alpha value is -2.67. The highest BCUT2D eigenvalue weighted by molar-refractivity contribution is 7.19. The number of fused-ring (bicyclic) bond motifs is 1. The van der Waals surface area contributed by atoms with Crippen LogP contribution in [0.1, 0.15) is 37.9 Å². The lowest BCUT2D eigenvalue weighted by Crippen LogP contribution is -2.29. The van der Waals surface area contributed by atoms with E-state index in [4.69, 9.17) is 9.47 Å². The minimum atomic E-state index is -0.430. The van der Waals surface area contributed by atoms with Gasteiger partial charge in [0.05, 0.1) is 18.1 Å². The topological polar surface area (TPSA) is 70.4 Å². The maximum Gasteiger partial charge on any atom is 0.326 e. The quantitative estimate of drug-likeness (QED) is 0.533. The summed E-state index contributed by atoms with van der Waals surface area (Å²) in [7, 11) is 0. The van der Waals surface area contributed by atoms with Gasteiger partial charge in [0.1, 0.15) is 22.9 Å². The van der Waals surface area contributed by atoms with Crippen molar-refractivity contribution < 1.29 is 14.3 Å². The number of hydrogen-bond acceptors (Lipinski definition) is 6. The fourth-order valence-corrected chi connectivity index (χ4v) is 4.27. The molecule has 0 aliphatic heterocycles. The van der Waals surface area contributed by atoms with E-state index in [-0.39, 0.29) is 18.2 Å². The summed E-state index contributed by atoms with van der Waals surface area (Å²) >= 11 is 1.49. The summed E-state index contributed by atoms with van der Waals surface area (Å²) in [5.74, 6) is 0.857. The predicted molar refractivity (Wildman–Crippen MR) is 116 cm³/mol. The first-order chi connectivity index (χ1) is 13.8. The molecule has 0 amide bonds. The Balaban J connectivity index is 2.07. The molecule has 1 unspecified atom stereocenters. The summed E-state index contributed by atoms with van der Waals surface area (Å²) in [6, 6.07) is 7.68. The molecule has 7 heteroatoms. The highest BCUT2D eigenvalue weighted by atomic mass is 32.1.